The summed E-state index contributed by atoms with van der Waals surface area (Å²) in [5.74, 6) is -1.99. The van der Waals surface area contributed by atoms with E-state index in [1.807, 2.05) is 6.92 Å². The number of amides is 5. The number of hydrogen-bond donors (Lipinski definition) is 2. The second-order valence-corrected chi connectivity index (χ2v) is 8.05. The van der Waals surface area contributed by atoms with E-state index in [9.17, 15) is 23.6 Å². The normalized spacial score (nSPS) is 14.4. The van der Waals surface area contributed by atoms with Gasteiger partial charge in [0.2, 0.25) is 0 Å². The van der Waals surface area contributed by atoms with Crippen molar-refractivity contribution in [3.63, 3.8) is 0 Å². The molecule has 5 amide bonds. The minimum absolute atomic E-state index is 0.241. The number of nitrogens with one attached hydrogen (secondary N) is 2. The molecule has 188 valence electrons. The van der Waals surface area contributed by atoms with Gasteiger partial charge in [-0.3, -0.25) is 19.7 Å². The van der Waals surface area contributed by atoms with Crippen molar-refractivity contribution < 1.29 is 33.0 Å². The zero-order valence-electron chi connectivity index (χ0n) is 19.9. The Morgan fingerprint density at radius 3 is 2.38 bits per heavy atom. The zero-order valence-corrected chi connectivity index (χ0v) is 19.9. The zero-order chi connectivity index (χ0) is 26.5. The molecule has 3 aromatic carbocycles. The van der Waals surface area contributed by atoms with Crippen LogP contribution >= 0.6 is 0 Å². The molecule has 0 atom stereocenters. The maximum atomic E-state index is 13.1. The maximum Gasteiger partial charge on any atom is 0.335 e. The van der Waals surface area contributed by atoms with Gasteiger partial charge in [0, 0.05) is 5.69 Å². The molecule has 1 saturated heterocycles. The Hall–Kier alpha value is -4.99. The Morgan fingerprint density at radius 1 is 1.00 bits per heavy atom. The third kappa shape index (κ3) is 5.81. The summed E-state index contributed by atoms with van der Waals surface area (Å²) in [5, 5.41) is 4.76. The van der Waals surface area contributed by atoms with Gasteiger partial charge in [-0.05, 0) is 67.1 Å². The van der Waals surface area contributed by atoms with E-state index in [0.717, 1.165) is 10.5 Å². The minimum Gasteiger partial charge on any atom is -0.493 e. The molecule has 0 aromatic heterocycles. The number of carbonyl (C=O) groups is 4. The van der Waals surface area contributed by atoms with E-state index in [-0.39, 0.29) is 23.7 Å². The fourth-order valence-corrected chi connectivity index (χ4v) is 3.52. The lowest BCUT2D eigenvalue weighted by Gasteiger charge is -2.26. The summed E-state index contributed by atoms with van der Waals surface area (Å²) in [6.07, 6.45) is 1.33. The van der Waals surface area contributed by atoms with Crippen molar-refractivity contribution in [3.8, 4) is 11.5 Å². The van der Waals surface area contributed by atoms with Crippen molar-refractivity contribution in [3.05, 3.63) is 89.2 Å². The first-order valence-electron chi connectivity index (χ1n) is 11.1. The Labute approximate surface area is 211 Å². The van der Waals surface area contributed by atoms with Crippen LogP contribution in [0.1, 0.15) is 11.1 Å². The number of rotatable bonds is 7. The van der Waals surface area contributed by atoms with Crippen molar-refractivity contribution >= 4 is 41.2 Å². The largest absolute Gasteiger partial charge is 0.493 e. The molecule has 10 heteroatoms. The highest BCUT2D eigenvalue weighted by molar-refractivity contribution is 6.39. The number of urea groups is 1. The summed E-state index contributed by atoms with van der Waals surface area (Å²) in [6.45, 7) is 1.53. The second-order valence-electron chi connectivity index (χ2n) is 8.05. The van der Waals surface area contributed by atoms with Crippen molar-refractivity contribution in [1.82, 2.24) is 5.32 Å². The highest BCUT2D eigenvalue weighted by Gasteiger charge is 2.36. The molecule has 0 saturated carbocycles. The Balaban J connectivity index is 1.50. The molecule has 0 bridgehead atoms. The van der Waals surface area contributed by atoms with Crippen molar-refractivity contribution in [2.45, 2.75) is 6.92 Å². The summed E-state index contributed by atoms with van der Waals surface area (Å²) in [7, 11) is 1.40. The first kappa shape index (κ1) is 25.1. The van der Waals surface area contributed by atoms with E-state index in [1.54, 1.807) is 30.3 Å². The number of imide groups is 2. The molecule has 0 aliphatic carbocycles. The number of methoxy groups -OCH3 is 1. The Bertz CT molecular complexity index is 1400. The summed E-state index contributed by atoms with van der Waals surface area (Å²) >= 11 is 0. The molecule has 0 spiro atoms. The molecular weight excluding hydrogens is 481 g/mol. The van der Waals surface area contributed by atoms with E-state index in [2.05, 4.69) is 10.6 Å². The molecule has 2 N–H and O–H groups in total. The summed E-state index contributed by atoms with van der Waals surface area (Å²) < 4.78 is 23.9. The number of anilines is 2. The van der Waals surface area contributed by atoms with Crippen LogP contribution in [-0.2, 0) is 14.4 Å². The molecule has 37 heavy (non-hydrogen) atoms. The quantitative estimate of drug-likeness (QED) is 0.374. The van der Waals surface area contributed by atoms with E-state index in [1.165, 1.54) is 49.6 Å². The molecule has 1 heterocycles. The van der Waals surface area contributed by atoms with Gasteiger partial charge in [0.15, 0.2) is 18.1 Å². The number of halogens is 1. The Morgan fingerprint density at radius 2 is 1.70 bits per heavy atom. The van der Waals surface area contributed by atoms with Crippen LogP contribution in [0.3, 0.4) is 0 Å². The topological polar surface area (TPSA) is 114 Å². The molecule has 1 aliphatic heterocycles. The first-order chi connectivity index (χ1) is 17.7. The summed E-state index contributed by atoms with van der Waals surface area (Å²) in [4.78, 5) is 50.9. The fraction of sp³-hybridized carbons (Fsp3) is 0.111. The van der Waals surface area contributed by atoms with Crippen molar-refractivity contribution in [2.24, 2.45) is 0 Å². The molecule has 1 fully saturated rings. The molecular formula is C27H22FN3O6. The van der Waals surface area contributed by atoms with E-state index in [4.69, 9.17) is 9.47 Å². The lowest BCUT2D eigenvalue weighted by Crippen LogP contribution is -2.54. The molecule has 0 unspecified atom stereocenters. The summed E-state index contributed by atoms with van der Waals surface area (Å²) in [6, 6.07) is 15.8. The number of nitrogens with zero attached hydrogens (tertiary/aromatic N) is 1. The SMILES string of the molecule is COc1cc(/C=C2\C(=O)NC(=O)N(c3ccc(C)cc3)C2=O)ccc1OCC(=O)Nc1ccc(F)cc1. The Kier molecular flexibility index (Phi) is 7.28. The van der Waals surface area contributed by atoms with Crippen LogP contribution in [0.25, 0.3) is 6.08 Å². The number of carbonyl (C=O) groups excluding carboxylic acids is 4. The van der Waals surface area contributed by atoms with Gasteiger partial charge in [-0.1, -0.05) is 23.8 Å². The number of aryl methyl sites for hydroxylation is 1. The third-order valence-electron chi connectivity index (χ3n) is 5.38. The lowest BCUT2D eigenvalue weighted by molar-refractivity contribution is -0.122. The first-order valence-corrected chi connectivity index (χ1v) is 11.1. The van der Waals surface area contributed by atoms with Crippen LogP contribution in [0.15, 0.2) is 72.3 Å². The number of hydrogen-bond acceptors (Lipinski definition) is 6. The number of benzene rings is 3. The average Bonchev–Trinajstić information content (AvgIpc) is 2.88. The third-order valence-corrected chi connectivity index (χ3v) is 5.38. The second kappa shape index (κ2) is 10.7. The number of barbiturate groups is 1. The molecule has 9 nitrogen and oxygen atoms in total. The molecule has 4 rings (SSSR count). The van der Waals surface area contributed by atoms with Crippen LogP contribution in [0.4, 0.5) is 20.6 Å². The van der Waals surface area contributed by atoms with E-state index in [0.29, 0.717) is 16.9 Å². The number of ether oxygens (including phenoxy) is 2. The van der Waals surface area contributed by atoms with Gasteiger partial charge in [-0.25, -0.2) is 14.1 Å². The predicted molar refractivity (Wildman–Crippen MR) is 134 cm³/mol. The van der Waals surface area contributed by atoms with E-state index >= 15 is 0 Å². The summed E-state index contributed by atoms with van der Waals surface area (Å²) in [5.41, 5.74) is 1.87. The maximum absolute atomic E-state index is 13.1. The highest BCUT2D eigenvalue weighted by Crippen LogP contribution is 2.30. The standard InChI is InChI=1S/C27H22FN3O6/c1-16-3-10-20(11-4-16)31-26(34)21(25(33)30-27(31)35)13-17-5-12-22(23(14-17)36-2)37-15-24(32)29-19-8-6-18(28)7-9-19/h3-14H,15H2,1-2H3,(H,29,32)(H,30,33,35)/b21-13+. The molecule has 3 aromatic rings. The highest BCUT2D eigenvalue weighted by atomic mass is 19.1. The van der Waals surface area contributed by atoms with Gasteiger partial charge in [0.25, 0.3) is 17.7 Å². The minimum atomic E-state index is -0.837. The molecule has 1 aliphatic rings. The van der Waals surface area contributed by atoms with Gasteiger partial charge < -0.3 is 14.8 Å². The van der Waals surface area contributed by atoms with Crippen LogP contribution in [0.5, 0.6) is 11.5 Å². The van der Waals surface area contributed by atoms with Crippen LogP contribution < -0.4 is 25.0 Å². The van der Waals surface area contributed by atoms with Gasteiger partial charge in [0.05, 0.1) is 12.8 Å². The smallest absolute Gasteiger partial charge is 0.335 e. The average molecular weight is 503 g/mol. The van der Waals surface area contributed by atoms with Gasteiger partial charge >= 0.3 is 6.03 Å². The lowest BCUT2D eigenvalue weighted by atomic mass is 10.1. The monoisotopic (exact) mass is 503 g/mol. The van der Waals surface area contributed by atoms with Crippen molar-refractivity contribution in [2.75, 3.05) is 23.9 Å². The van der Waals surface area contributed by atoms with Gasteiger partial charge in [0.1, 0.15) is 11.4 Å². The molecule has 0 radical (unpaired) electrons. The van der Waals surface area contributed by atoms with Gasteiger partial charge in [-0.2, -0.15) is 0 Å². The fourth-order valence-electron chi connectivity index (χ4n) is 3.52. The van der Waals surface area contributed by atoms with E-state index < -0.39 is 29.6 Å². The van der Waals surface area contributed by atoms with Gasteiger partial charge in [-0.15, -0.1) is 0 Å². The van der Waals surface area contributed by atoms with Crippen molar-refractivity contribution in [1.29, 1.82) is 0 Å². The predicted octanol–water partition coefficient (Wildman–Crippen LogP) is 3.83. The van der Waals surface area contributed by atoms with Crippen LogP contribution in [0, 0.1) is 12.7 Å². The van der Waals surface area contributed by atoms with Crippen LogP contribution in [0.2, 0.25) is 0 Å². The van der Waals surface area contributed by atoms with Crippen LogP contribution in [-0.4, -0.2) is 37.5 Å².